The van der Waals surface area contributed by atoms with Gasteiger partial charge in [0.25, 0.3) is 0 Å². The van der Waals surface area contributed by atoms with Crippen molar-refractivity contribution in [3.05, 3.63) is 23.2 Å². The summed E-state index contributed by atoms with van der Waals surface area (Å²) in [7, 11) is 0. The molecule has 0 bridgehead atoms. The highest BCUT2D eigenvalue weighted by atomic mass is 35.5. The summed E-state index contributed by atoms with van der Waals surface area (Å²) in [5.41, 5.74) is -0.507. The molecule has 1 aliphatic rings. The molecule has 23 heavy (non-hydrogen) atoms. The SMILES string of the molecule is CC(C)(C)OC(=O)N1CCC[C@H](COc2cnc(Cl)c(F)c2)C1. The summed E-state index contributed by atoms with van der Waals surface area (Å²) in [6, 6.07) is 1.21. The highest BCUT2D eigenvalue weighted by Gasteiger charge is 2.27. The van der Waals surface area contributed by atoms with Crippen LogP contribution in [0.15, 0.2) is 12.3 Å². The fraction of sp³-hybridized carbons (Fsp3) is 0.625. The van der Waals surface area contributed by atoms with Crippen molar-refractivity contribution in [1.29, 1.82) is 0 Å². The van der Waals surface area contributed by atoms with E-state index in [0.29, 0.717) is 25.4 Å². The smallest absolute Gasteiger partial charge is 0.410 e. The number of carbonyl (C=O) groups excluding carboxylic acids is 1. The van der Waals surface area contributed by atoms with Gasteiger partial charge in [-0.2, -0.15) is 0 Å². The second kappa shape index (κ2) is 7.34. The number of carbonyl (C=O) groups is 1. The van der Waals surface area contributed by atoms with Crippen LogP contribution in [-0.4, -0.2) is 41.3 Å². The number of aromatic nitrogens is 1. The van der Waals surface area contributed by atoms with E-state index in [-0.39, 0.29) is 17.2 Å². The van der Waals surface area contributed by atoms with Crippen LogP contribution in [0.5, 0.6) is 5.75 Å². The van der Waals surface area contributed by atoms with Gasteiger partial charge in [-0.05, 0) is 33.6 Å². The first-order valence-electron chi connectivity index (χ1n) is 7.66. The number of likely N-dealkylation sites (tertiary alicyclic amines) is 1. The predicted octanol–water partition coefficient (Wildman–Crippen LogP) is 3.90. The molecule has 1 fully saturated rings. The summed E-state index contributed by atoms with van der Waals surface area (Å²) >= 11 is 5.54. The molecule has 128 valence electrons. The Bertz CT molecular complexity index is 563. The molecule has 1 saturated heterocycles. The average molecular weight is 345 g/mol. The predicted molar refractivity (Wildman–Crippen MR) is 85.2 cm³/mol. The molecule has 1 aromatic heterocycles. The zero-order valence-electron chi connectivity index (χ0n) is 13.6. The second-order valence-corrected chi connectivity index (χ2v) is 7.05. The fourth-order valence-electron chi connectivity index (χ4n) is 2.39. The van der Waals surface area contributed by atoms with Gasteiger partial charge in [-0.25, -0.2) is 14.2 Å². The zero-order chi connectivity index (χ0) is 17.0. The van der Waals surface area contributed by atoms with E-state index in [4.69, 9.17) is 21.1 Å². The van der Waals surface area contributed by atoms with Gasteiger partial charge in [0.15, 0.2) is 11.0 Å². The second-order valence-electron chi connectivity index (χ2n) is 6.69. The van der Waals surface area contributed by atoms with Gasteiger partial charge in [-0.1, -0.05) is 11.6 Å². The van der Waals surface area contributed by atoms with Crippen LogP contribution in [0.1, 0.15) is 33.6 Å². The molecule has 0 N–H and O–H groups in total. The molecular weight excluding hydrogens is 323 g/mol. The average Bonchev–Trinajstić information content (AvgIpc) is 2.47. The van der Waals surface area contributed by atoms with E-state index < -0.39 is 11.4 Å². The Morgan fingerprint density at radius 1 is 1.52 bits per heavy atom. The van der Waals surface area contributed by atoms with Gasteiger partial charge in [0.1, 0.15) is 11.4 Å². The van der Waals surface area contributed by atoms with Gasteiger partial charge in [0.05, 0.1) is 12.8 Å². The molecular formula is C16H22ClFN2O3. The normalized spacial score (nSPS) is 18.7. The van der Waals surface area contributed by atoms with Crippen molar-refractivity contribution in [2.45, 2.75) is 39.2 Å². The fourth-order valence-corrected chi connectivity index (χ4v) is 2.49. The van der Waals surface area contributed by atoms with Crippen LogP contribution in [0.2, 0.25) is 5.15 Å². The molecule has 7 heteroatoms. The minimum Gasteiger partial charge on any atom is -0.492 e. The molecule has 0 aliphatic carbocycles. The summed E-state index contributed by atoms with van der Waals surface area (Å²) in [4.78, 5) is 17.5. The largest absolute Gasteiger partial charge is 0.492 e. The molecule has 0 spiro atoms. The van der Waals surface area contributed by atoms with Crippen LogP contribution in [0.4, 0.5) is 9.18 Å². The van der Waals surface area contributed by atoms with Crippen molar-refractivity contribution in [3.63, 3.8) is 0 Å². The topological polar surface area (TPSA) is 51.7 Å². The Balaban J connectivity index is 1.86. The maximum Gasteiger partial charge on any atom is 0.410 e. The lowest BCUT2D eigenvalue weighted by Gasteiger charge is -2.34. The Hall–Kier alpha value is -1.56. The van der Waals surface area contributed by atoms with Gasteiger partial charge in [-0.15, -0.1) is 0 Å². The summed E-state index contributed by atoms with van der Waals surface area (Å²) in [6.45, 7) is 7.18. The molecule has 0 unspecified atom stereocenters. The van der Waals surface area contributed by atoms with E-state index in [1.807, 2.05) is 20.8 Å². The first-order valence-corrected chi connectivity index (χ1v) is 8.04. The van der Waals surface area contributed by atoms with E-state index in [1.165, 1.54) is 12.3 Å². The third-order valence-corrected chi connectivity index (χ3v) is 3.71. The number of halogens is 2. The van der Waals surface area contributed by atoms with Gasteiger partial charge >= 0.3 is 6.09 Å². The number of nitrogens with zero attached hydrogens (tertiary/aromatic N) is 2. The molecule has 0 radical (unpaired) electrons. The lowest BCUT2D eigenvalue weighted by Crippen LogP contribution is -2.44. The minimum absolute atomic E-state index is 0.175. The van der Waals surface area contributed by atoms with Crippen molar-refractivity contribution in [2.75, 3.05) is 19.7 Å². The molecule has 1 amide bonds. The Morgan fingerprint density at radius 3 is 2.91 bits per heavy atom. The molecule has 2 rings (SSSR count). The quantitative estimate of drug-likeness (QED) is 0.780. The molecule has 1 aromatic rings. The Morgan fingerprint density at radius 2 is 2.26 bits per heavy atom. The highest BCUT2D eigenvalue weighted by molar-refractivity contribution is 6.29. The summed E-state index contributed by atoms with van der Waals surface area (Å²) in [5, 5.41) is -0.175. The number of hydrogen-bond donors (Lipinski definition) is 0. The molecule has 1 atom stereocenters. The van der Waals surface area contributed by atoms with Crippen molar-refractivity contribution >= 4 is 17.7 Å². The molecule has 2 heterocycles. The lowest BCUT2D eigenvalue weighted by atomic mass is 9.99. The maximum absolute atomic E-state index is 13.3. The van der Waals surface area contributed by atoms with E-state index in [1.54, 1.807) is 4.90 Å². The number of rotatable bonds is 3. The van der Waals surface area contributed by atoms with Crippen molar-refractivity contribution < 1.29 is 18.7 Å². The van der Waals surface area contributed by atoms with Crippen LogP contribution in [0.25, 0.3) is 0 Å². The van der Waals surface area contributed by atoms with Crippen molar-refractivity contribution in [3.8, 4) is 5.75 Å². The first kappa shape index (κ1) is 17.8. The number of hydrogen-bond acceptors (Lipinski definition) is 4. The number of amides is 1. The summed E-state index contributed by atoms with van der Waals surface area (Å²) in [5.74, 6) is -0.0977. The van der Waals surface area contributed by atoms with E-state index in [0.717, 1.165) is 12.8 Å². The van der Waals surface area contributed by atoms with Gasteiger partial charge in [0, 0.05) is 25.1 Å². The zero-order valence-corrected chi connectivity index (χ0v) is 14.4. The monoisotopic (exact) mass is 344 g/mol. The Labute approximate surface area is 140 Å². The van der Waals surface area contributed by atoms with Crippen LogP contribution in [0, 0.1) is 11.7 Å². The summed E-state index contributed by atoms with van der Waals surface area (Å²) in [6.07, 6.45) is 2.92. The maximum atomic E-state index is 13.3. The number of piperidine rings is 1. The Kier molecular flexibility index (Phi) is 5.68. The third kappa shape index (κ3) is 5.53. The number of ether oxygens (including phenoxy) is 2. The van der Waals surface area contributed by atoms with Crippen LogP contribution >= 0.6 is 11.6 Å². The summed E-state index contributed by atoms with van der Waals surface area (Å²) < 4.78 is 24.3. The minimum atomic E-state index is -0.608. The highest BCUT2D eigenvalue weighted by Crippen LogP contribution is 2.22. The third-order valence-electron chi connectivity index (χ3n) is 3.43. The standard InChI is InChI=1S/C16H22ClFN2O3/c1-16(2,3)23-15(21)20-6-4-5-11(9-20)10-22-12-7-13(18)14(17)19-8-12/h7-8,11H,4-6,9-10H2,1-3H3/t11-/m0/s1. The molecule has 0 aromatic carbocycles. The van der Waals surface area contributed by atoms with E-state index in [9.17, 15) is 9.18 Å². The lowest BCUT2D eigenvalue weighted by molar-refractivity contribution is 0.0139. The van der Waals surface area contributed by atoms with Crippen LogP contribution in [0.3, 0.4) is 0 Å². The van der Waals surface area contributed by atoms with Gasteiger partial charge < -0.3 is 14.4 Å². The van der Waals surface area contributed by atoms with Crippen LogP contribution in [-0.2, 0) is 4.74 Å². The van der Waals surface area contributed by atoms with E-state index >= 15 is 0 Å². The van der Waals surface area contributed by atoms with Crippen molar-refractivity contribution in [2.24, 2.45) is 5.92 Å². The molecule has 5 nitrogen and oxygen atoms in total. The van der Waals surface area contributed by atoms with Gasteiger partial charge in [-0.3, -0.25) is 0 Å². The van der Waals surface area contributed by atoms with E-state index in [2.05, 4.69) is 4.98 Å². The van der Waals surface area contributed by atoms with Crippen molar-refractivity contribution in [1.82, 2.24) is 9.88 Å². The van der Waals surface area contributed by atoms with Gasteiger partial charge in [0.2, 0.25) is 0 Å². The molecule has 1 aliphatic heterocycles. The first-order chi connectivity index (χ1) is 10.7. The number of pyridine rings is 1. The van der Waals surface area contributed by atoms with Crippen LogP contribution < -0.4 is 4.74 Å². The molecule has 0 saturated carbocycles.